The third-order valence-corrected chi connectivity index (χ3v) is 2.06. The van der Waals surface area contributed by atoms with Crippen LogP contribution in [0.25, 0.3) is 0 Å². The van der Waals surface area contributed by atoms with Crippen LogP contribution in [-0.4, -0.2) is 11.7 Å². The van der Waals surface area contributed by atoms with Gasteiger partial charge in [-0.25, -0.2) is 4.39 Å². The summed E-state index contributed by atoms with van der Waals surface area (Å²) < 4.78 is 13.0. The molecule has 0 radical (unpaired) electrons. The molecular weight excluding hydrogens is 214 g/mol. The summed E-state index contributed by atoms with van der Waals surface area (Å²) in [7, 11) is 0. The number of rotatable bonds is 3. The fourth-order valence-electron chi connectivity index (χ4n) is 0.958. The second-order valence-corrected chi connectivity index (χ2v) is 3.59. The number of alkyl halides is 1. The predicted molar refractivity (Wildman–Crippen MR) is 50.8 cm³/mol. The maximum absolute atomic E-state index is 13.0. The first-order valence-electron chi connectivity index (χ1n) is 3.67. The van der Waals surface area contributed by atoms with Gasteiger partial charge in [-0.15, -0.1) is 11.6 Å². The van der Waals surface area contributed by atoms with Crippen molar-refractivity contribution in [2.75, 3.05) is 0 Å². The number of halogens is 3. The van der Waals surface area contributed by atoms with Crippen molar-refractivity contribution in [3.05, 3.63) is 34.6 Å². The molecule has 1 aromatic carbocycles. The molecule has 0 heterocycles. The van der Waals surface area contributed by atoms with E-state index in [4.69, 9.17) is 23.2 Å². The number of carbonyl (C=O) groups excluding carboxylic acids is 1. The van der Waals surface area contributed by atoms with Gasteiger partial charge in [0, 0.05) is 5.02 Å². The maximum atomic E-state index is 13.0. The van der Waals surface area contributed by atoms with E-state index in [1.165, 1.54) is 18.2 Å². The molecule has 1 unspecified atom stereocenters. The van der Waals surface area contributed by atoms with Crippen molar-refractivity contribution < 1.29 is 9.18 Å². The van der Waals surface area contributed by atoms with Gasteiger partial charge in [0.25, 0.3) is 0 Å². The van der Waals surface area contributed by atoms with Crippen molar-refractivity contribution in [2.45, 2.75) is 11.8 Å². The van der Waals surface area contributed by atoms with Crippen molar-refractivity contribution in [2.24, 2.45) is 0 Å². The van der Waals surface area contributed by atoms with Crippen molar-refractivity contribution in [3.63, 3.8) is 0 Å². The maximum Gasteiger partial charge on any atom is 0.138 e. The molecule has 4 heteroatoms. The molecule has 0 aliphatic carbocycles. The topological polar surface area (TPSA) is 17.1 Å². The molecule has 1 atom stereocenters. The lowest BCUT2D eigenvalue weighted by atomic mass is 10.1. The minimum absolute atomic E-state index is 0.164. The van der Waals surface area contributed by atoms with Crippen LogP contribution in [0, 0.1) is 5.82 Å². The van der Waals surface area contributed by atoms with Crippen molar-refractivity contribution in [1.29, 1.82) is 0 Å². The summed E-state index contributed by atoms with van der Waals surface area (Å²) in [5.41, 5.74) is 0.361. The molecule has 0 bridgehead atoms. The minimum atomic E-state index is -0.701. The molecule has 13 heavy (non-hydrogen) atoms. The highest BCUT2D eigenvalue weighted by Crippen LogP contribution is 2.17. The van der Waals surface area contributed by atoms with Crippen LogP contribution in [0.1, 0.15) is 5.56 Å². The minimum Gasteiger partial charge on any atom is -0.302 e. The van der Waals surface area contributed by atoms with Gasteiger partial charge in [0.1, 0.15) is 12.1 Å². The van der Waals surface area contributed by atoms with Crippen molar-refractivity contribution in [1.82, 2.24) is 0 Å². The predicted octanol–water partition coefficient (Wildman–Crippen LogP) is 2.83. The molecule has 70 valence electrons. The fourth-order valence-corrected chi connectivity index (χ4v) is 1.32. The third kappa shape index (κ3) is 2.98. The van der Waals surface area contributed by atoms with Crippen LogP contribution < -0.4 is 0 Å². The summed E-state index contributed by atoms with van der Waals surface area (Å²) in [6.07, 6.45) is 0.735. The largest absolute Gasteiger partial charge is 0.302 e. The first-order valence-corrected chi connectivity index (χ1v) is 4.48. The molecule has 0 amide bonds. The Morgan fingerprint density at radius 1 is 1.54 bits per heavy atom. The number of benzene rings is 1. The zero-order valence-electron chi connectivity index (χ0n) is 6.64. The molecule has 1 rings (SSSR count). The molecule has 0 aromatic heterocycles. The van der Waals surface area contributed by atoms with Crippen LogP contribution in [0.5, 0.6) is 0 Å². The standard InChI is InChI=1S/C9H7Cl2FO/c10-7-1-2-9(12)6(3-7)4-8(11)5-13/h1-3,5,8H,4H2. The van der Waals surface area contributed by atoms with E-state index in [0.717, 1.165) is 0 Å². The number of hydrogen-bond donors (Lipinski definition) is 0. The SMILES string of the molecule is O=CC(Cl)Cc1cc(Cl)ccc1F. The van der Waals surface area contributed by atoms with Crippen LogP contribution in [-0.2, 0) is 11.2 Å². The second-order valence-electron chi connectivity index (χ2n) is 2.59. The Labute approximate surface area is 85.5 Å². The highest BCUT2D eigenvalue weighted by molar-refractivity contribution is 6.30. The molecular formula is C9H7Cl2FO. The zero-order chi connectivity index (χ0) is 9.84. The van der Waals surface area contributed by atoms with E-state index in [-0.39, 0.29) is 6.42 Å². The average Bonchev–Trinajstić information content (AvgIpc) is 2.11. The number of carbonyl (C=O) groups is 1. The second kappa shape index (κ2) is 4.58. The molecule has 0 spiro atoms. The number of hydrogen-bond acceptors (Lipinski definition) is 1. The van der Waals surface area contributed by atoms with E-state index in [1.54, 1.807) is 0 Å². The van der Waals surface area contributed by atoms with Gasteiger partial charge in [-0.3, -0.25) is 0 Å². The lowest BCUT2D eigenvalue weighted by molar-refractivity contribution is -0.107. The quantitative estimate of drug-likeness (QED) is 0.566. The molecule has 0 saturated carbocycles. The monoisotopic (exact) mass is 220 g/mol. The van der Waals surface area contributed by atoms with Crippen LogP contribution in [0.3, 0.4) is 0 Å². The Kier molecular flexibility index (Phi) is 3.70. The van der Waals surface area contributed by atoms with Gasteiger partial charge >= 0.3 is 0 Å². The first-order chi connectivity index (χ1) is 6.13. The van der Waals surface area contributed by atoms with E-state index in [9.17, 15) is 9.18 Å². The highest BCUT2D eigenvalue weighted by Gasteiger charge is 2.08. The van der Waals surface area contributed by atoms with E-state index < -0.39 is 11.2 Å². The average molecular weight is 221 g/mol. The molecule has 0 aliphatic heterocycles. The fraction of sp³-hybridized carbons (Fsp3) is 0.222. The van der Waals surface area contributed by atoms with Gasteiger partial charge in [-0.05, 0) is 30.2 Å². The highest BCUT2D eigenvalue weighted by atomic mass is 35.5. The Balaban J connectivity index is 2.86. The Hall–Kier alpha value is -0.600. The third-order valence-electron chi connectivity index (χ3n) is 1.57. The molecule has 0 aliphatic rings. The van der Waals surface area contributed by atoms with Gasteiger partial charge in [0.15, 0.2) is 0 Å². The number of aldehydes is 1. The van der Waals surface area contributed by atoms with E-state index in [2.05, 4.69) is 0 Å². The van der Waals surface area contributed by atoms with Crippen molar-refractivity contribution >= 4 is 29.5 Å². The summed E-state index contributed by atoms with van der Waals surface area (Å²) in [4.78, 5) is 10.2. The summed E-state index contributed by atoms with van der Waals surface area (Å²) in [5, 5.41) is -0.265. The van der Waals surface area contributed by atoms with Crippen LogP contribution in [0.4, 0.5) is 4.39 Å². The van der Waals surface area contributed by atoms with E-state index >= 15 is 0 Å². The smallest absolute Gasteiger partial charge is 0.138 e. The lowest BCUT2D eigenvalue weighted by Gasteiger charge is -2.03. The Morgan fingerprint density at radius 2 is 2.23 bits per heavy atom. The summed E-state index contributed by atoms with van der Waals surface area (Å²) in [6.45, 7) is 0. The molecule has 0 saturated heterocycles. The lowest BCUT2D eigenvalue weighted by Crippen LogP contribution is -2.05. The van der Waals surface area contributed by atoms with Gasteiger partial charge in [0.2, 0.25) is 0 Å². The molecule has 1 nitrogen and oxygen atoms in total. The molecule has 1 aromatic rings. The molecule has 0 fully saturated rings. The summed E-state index contributed by atoms with van der Waals surface area (Å²) >= 11 is 11.2. The van der Waals surface area contributed by atoms with E-state index in [0.29, 0.717) is 16.9 Å². The normalized spacial score (nSPS) is 12.5. The Morgan fingerprint density at radius 3 is 2.85 bits per heavy atom. The van der Waals surface area contributed by atoms with Crippen molar-refractivity contribution in [3.8, 4) is 0 Å². The van der Waals surface area contributed by atoms with Gasteiger partial charge in [-0.1, -0.05) is 11.6 Å². The van der Waals surface area contributed by atoms with Gasteiger partial charge in [0.05, 0.1) is 5.38 Å². The first kappa shape index (κ1) is 10.5. The Bertz CT molecular complexity index is 314. The van der Waals surface area contributed by atoms with E-state index in [1.807, 2.05) is 0 Å². The van der Waals surface area contributed by atoms with Gasteiger partial charge in [-0.2, -0.15) is 0 Å². The van der Waals surface area contributed by atoms with Crippen LogP contribution >= 0.6 is 23.2 Å². The van der Waals surface area contributed by atoms with Gasteiger partial charge < -0.3 is 4.79 Å². The molecule has 0 N–H and O–H groups in total. The summed E-state index contributed by atoms with van der Waals surface area (Å²) in [6, 6.07) is 4.17. The van der Waals surface area contributed by atoms with Crippen LogP contribution in [0.2, 0.25) is 5.02 Å². The summed E-state index contributed by atoms with van der Waals surface area (Å²) in [5.74, 6) is -0.392. The van der Waals surface area contributed by atoms with Crippen LogP contribution in [0.15, 0.2) is 18.2 Å². The zero-order valence-corrected chi connectivity index (χ0v) is 8.15.